The van der Waals surface area contributed by atoms with E-state index in [2.05, 4.69) is 29.5 Å². The Labute approximate surface area is 237 Å². The number of fused-ring (bicyclic) bond motifs is 2. The topological polar surface area (TPSA) is 117 Å². The number of methoxy groups -OCH3 is 2. The Balaban J connectivity index is 1.62. The number of nitrogens with one attached hydrogen (secondary N) is 1. The van der Waals surface area contributed by atoms with E-state index >= 15 is 0 Å². The average Bonchev–Trinajstić information content (AvgIpc) is 3.62. The fraction of sp³-hybridized carbons (Fsp3) is 0.333. The van der Waals surface area contributed by atoms with Crippen molar-refractivity contribution < 1.29 is 28.5 Å². The summed E-state index contributed by atoms with van der Waals surface area (Å²) in [5.41, 5.74) is 2.30. The highest BCUT2D eigenvalue weighted by molar-refractivity contribution is 6.02. The van der Waals surface area contributed by atoms with Gasteiger partial charge in [-0.2, -0.15) is 0 Å². The van der Waals surface area contributed by atoms with Gasteiger partial charge in [-0.05, 0) is 48.7 Å². The van der Waals surface area contributed by atoms with Gasteiger partial charge in [0, 0.05) is 29.9 Å². The molecule has 1 atom stereocenters. The van der Waals surface area contributed by atoms with Crippen molar-refractivity contribution in [3.05, 3.63) is 66.2 Å². The molecule has 5 rings (SSSR count). The molecule has 0 radical (unpaired) electrons. The lowest BCUT2D eigenvalue weighted by Gasteiger charge is -2.32. The van der Waals surface area contributed by atoms with Gasteiger partial charge in [0.2, 0.25) is 18.6 Å². The molecule has 4 aromatic rings. The van der Waals surface area contributed by atoms with Crippen molar-refractivity contribution in [2.75, 3.05) is 32.5 Å². The Morgan fingerprint density at radius 3 is 2.61 bits per heavy atom. The molecule has 1 aromatic heterocycles. The molecule has 0 fully saturated rings. The highest BCUT2D eigenvalue weighted by Gasteiger charge is 2.36. The van der Waals surface area contributed by atoms with Crippen LogP contribution in [0.2, 0.25) is 0 Å². The largest absolute Gasteiger partial charge is 0.497 e. The number of carbonyl (C=O) groups is 2. The van der Waals surface area contributed by atoms with E-state index in [0.29, 0.717) is 57.7 Å². The van der Waals surface area contributed by atoms with E-state index in [-0.39, 0.29) is 25.2 Å². The van der Waals surface area contributed by atoms with Gasteiger partial charge >= 0.3 is 0 Å². The molecule has 1 aliphatic rings. The quantitative estimate of drug-likeness (QED) is 0.292. The van der Waals surface area contributed by atoms with Crippen LogP contribution in [0.1, 0.15) is 31.9 Å². The number of carbonyl (C=O) groups excluding carboxylic acids is 2. The third-order valence-electron chi connectivity index (χ3n) is 6.87. The van der Waals surface area contributed by atoms with Crippen LogP contribution < -0.4 is 29.2 Å². The summed E-state index contributed by atoms with van der Waals surface area (Å²) >= 11 is 0. The highest BCUT2D eigenvalue weighted by atomic mass is 16.7. The maximum absolute atomic E-state index is 14.3. The summed E-state index contributed by atoms with van der Waals surface area (Å²) in [4.78, 5) is 29.8. The number of ether oxygens (including phenoxy) is 4. The number of amides is 2. The van der Waals surface area contributed by atoms with Gasteiger partial charge in [-0.3, -0.25) is 14.5 Å². The minimum atomic E-state index is -1.09. The lowest BCUT2D eigenvalue weighted by atomic mass is 10.0. The van der Waals surface area contributed by atoms with Crippen LogP contribution in [0.4, 0.5) is 5.69 Å². The number of hydrogen-bond acceptors (Lipinski definition) is 8. The molecule has 0 saturated carbocycles. The molecule has 214 valence electrons. The molecular weight excluding hydrogens is 526 g/mol. The lowest BCUT2D eigenvalue weighted by molar-refractivity contribution is -0.127. The molecule has 2 heterocycles. The molecule has 11 nitrogen and oxygen atoms in total. The van der Waals surface area contributed by atoms with E-state index in [0.717, 1.165) is 6.42 Å². The van der Waals surface area contributed by atoms with E-state index in [4.69, 9.17) is 18.9 Å². The summed E-state index contributed by atoms with van der Waals surface area (Å²) in [6, 6.07) is 16.6. The smallest absolute Gasteiger partial charge is 0.249 e. The molecule has 0 unspecified atom stereocenters. The normalized spacial score (nSPS) is 12.8. The first kappa shape index (κ1) is 27.8. The second-order valence-corrected chi connectivity index (χ2v) is 10.0. The van der Waals surface area contributed by atoms with Crippen molar-refractivity contribution in [2.24, 2.45) is 5.92 Å². The van der Waals surface area contributed by atoms with Gasteiger partial charge in [-0.1, -0.05) is 31.2 Å². The molecule has 11 heteroatoms. The van der Waals surface area contributed by atoms with Gasteiger partial charge in [-0.15, -0.1) is 5.10 Å². The van der Waals surface area contributed by atoms with Crippen molar-refractivity contribution in [2.45, 2.75) is 32.9 Å². The van der Waals surface area contributed by atoms with E-state index < -0.39 is 6.04 Å². The summed E-state index contributed by atoms with van der Waals surface area (Å²) < 4.78 is 23.7. The van der Waals surface area contributed by atoms with Crippen LogP contribution in [0.15, 0.2) is 60.7 Å². The third-order valence-corrected chi connectivity index (χ3v) is 6.87. The molecule has 0 spiro atoms. The van der Waals surface area contributed by atoms with Crippen LogP contribution in [-0.2, 0) is 16.1 Å². The number of nitrogens with zero attached hydrogens (tertiary/aromatic N) is 4. The predicted molar refractivity (Wildman–Crippen MR) is 152 cm³/mol. The molecule has 41 heavy (non-hydrogen) atoms. The van der Waals surface area contributed by atoms with Gasteiger partial charge < -0.3 is 24.3 Å². The SMILES string of the molecule is COc1ccc([C@H](C(=O)NCCC(C)C)N(C(=O)Cn2nnc3ccccc32)c2ccc3c(c2)OCO3)c(OC)c1. The standard InChI is InChI=1S/C30H33N5O6/c1-19(2)13-14-31-30(37)29(22-11-10-21(38-3)16-26(22)39-4)35(20-9-12-25-27(15-20)41-18-40-25)28(36)17-34-24-8-6-5-7-23(24)32-33-34/h5-12,15-16,19,29H,13-14,17-18H2,1-4H3,(H,31,37)/t29-/m1/s1. The molecule has 0 bridgehead atoms. The van der Waals surface area contributed by atoms with Gasteiger partial charge in [0.25, 0.3) is 0 Å². The van der Waals surface area contributed by atoms with Crippen molar-refractivity contribution >= 4 is 28.5 Å². The van der Waals surface area contributed by atoms with Crippen LogP contribution in [0.3, 0.4) is 0 Å². The van der Waals surface area contributed by atoms with Gasteiger partial charge in [0.1, 0.15) is 29.6 Å². The summed E-state index contributed by atoms with van der Waals surface area (Å²) in [5.74, 6) is 1.63. The van der Waals surface area contributed by atoms with Crippen LogP contribution in [0.5, 0.6) is 23.0 Å². The maximum Gasteiger partial charge on any atom is 0.249 e. The predicted octanol–water partition coefficient (Wildman–Crippen LogP) is 4.11. The Kier molecular flexibility index (Phi) is 8.23. The Morgan fingerprint density at radius 2 is 1.83 bits per heavy atom. The second kappa shape index (κ2) is 12.2. The number of anilines is 1. The minimum Gasteiger partial charge on any atom is -0.497 e. The first-order chi connectivity index (χ1) is 19.9. The third kappa shape index (κ3) is 5.88. The number of rotatable bonds is 11. The van der Waals surface area contributed by atoms with Crippen LogP contribution in [0.25, 0.3) is 11.0 Å². The zero-order valence-electron chi connectivity index (χ0n) is 23.5. The second-order valence-electron chi connectivity index (χ2n) is 10.0. The molecule has 2 amide bonds. The summed E-state index contributed by atoms with van der Waals surface area (Å²) in [5, 5.41) is 11.4. The van der Waals surface area contributed by atoms with Crippen molar-refractivity contribution in [3.63, 3.8) is 0 Å². The molecular formula is C30H33N5O6. The summed E-state index contributed by atoms with van der Waals surface area (Å²) in [6.45, 7) is 4.52. The number of hydrogen-bond donors (Lipinski definition) is 1. The van der Waals surface area contributed by atoms with Crippen LogP contribution in [-0.4, -0.2) is 54.4 Å². The van der Waals surface area contributed by atoms with Gasteiger partial charge in [-0.25, -0.2) is 4.68 Å². The van der Waals surface area contributed by atoms with E-state index in [9.17, 15) is 9.59 Å². The van der Waals surface area contributed by atoms with E-state index in [1.807, 2.05) is 24.3 Å². The van der Waals surface area contributed by atoms with Gasteiger partial charge in [0.05, 0.1) is 19.7 Å². The van der Waals surface area contributed by atoms with Crippen LogP contribution >= 0.6 is 0 Å². The minimum absolute atomic E-state index is 0.0725. The molecule has 1 N–H and O–H groups in total. The molecule has 0 aliphatic carbocycles. The summed E-state index contributed by atoms with van der Waals surface area (Å²) in [6.07, 6.45) is 0.779. The fourth-order valence-electron chi connectivity index (χ4n) is 4.73. The fourth-order valence-corrected chi connectivity index (χ4v) is 4.73. The Morgan fingerprint density at radius 1 is 1.02 bits per heavy atom. The zero-order chi connectivity index (χ0) is 28.9. The first-order valence-electron chi connectivity index (χ1n) is 13.4. The summed E-state index contributed by atoms with van der Waals surface area (Å²) in [7, 11) is 3.07. The van der Waals surface area contributed by atoms with Gasteiger partial charge in [0.15, 0.2) is 11.5 Å². The van der Waals surface area contributed by atoms with Crippen molar-refractivity contribution in [3.8, 4) is 23.0 Å². The van der Waals surface area contributed by atoms with Crippen LogP contribution in [0, 0.1) is 5.92 Å². The average molecular weight is 560 g/mol. The molecule has 3 aromatic carbocycles. The number of benzene rings is 3. The van der Waals surface area contributed by atoms with E-state index in [1.165, 1.54) is 16.7 Å². The first-order valence-corrected chi connectivity index (χ1v) is 13.4. The molecule has 0 saturated heterocycles. The molecule has 1 aliphatic heterocycles. The van der Waals surface area contributed by atoms with Crippen molar-refractivity contribution in [1.82, 2.24) is 20.3 Å². The number of aromatic nitrogens is 3. The Hall–Kier alpha value is -4.80. The highest BCUT2D eigenvalue weighted by Crippen LogP contribution is 2.40. The lowest BCUT2D eigenvalue weighted by Crippen LogP contribution is -2.45. The van der Waals surface area contributed by atoms with E-state index in [1.54, 1.807) is 43.5 Å². The maximum atomic E-state index is 14.3. The monoisotopic (exact) mass is 559 g/mol. The number of para-hydroxylation sites is 1. The Bertz CT molecular complexity index is 1550. The van der Waals surface area contributed by atoms with Crippen molar-refractivity contribution in [1.29, 1.82) is 0 Å². The zero-order valence-corrected chi connectivity index (χ0v) is 23.5.